The van der Waals surface area contributed by atoms with Crippen LogP contribution in [0.25, 0.3) is 0 Å². The lowest BCUT2D eigenvalue weighted by molar-refractivity contribution is -0.113. The van der Waals surface area contributed by atoms with E-state index in [0.717, 1.165) is 6.29 Å². The second-order valence-electron chi connectivity index (χ2n) is 4.91. The maximum Gasteiger partial charge on any atom is 0.153 e. The van der Waals surface area contributed by atoms with Crippen molar-refractivity contribution in [3.8, 4) is 0 Å². The third-order valence-electron chi connectivity index (χ3n) is 3.48. The van der Waals surface area contributed by atoms with Crippen LogP contribution < -0.4 is 5.73 Å². The van der Waals surface area contributed by atoms with E-state index in [9.17, 15) is 18.8 Å². The fraction of sp³-hybridized carbons (Fsp3) is 0.400. The van der Waals surface area contributed by atoms with Crippen LogP contribution >= 0.6 is 11.6 Å². The van der Waals surface area contributed by atoms with Crippen LogP contribution in [0.5, 0.6) is 0 Å². The number of halogens is 2. The first-order valence-corrected chi connectivity index (χ1v) is 7.12. The number of rotatable bonds is 9. The first-order valence-electron chi connectivity index (χ1n) is 6.74. The van der Waals surface area contributed by atoms with Gasteiger partial charge in [-0.3, -0.25) is 9.69 Å². The van der Waals surface area contributed by atoms with Crippen molar-refractivity contribution in [3.63, 3.8) is 0 Å². The molecule has 1 atom stereocenters. The molecule has 1 unspecified atom stereocenters. The van der Waals surface area contributed by atoms with E-state index in [1.807, 2.05) is 0 Å². The van der Waals surface area contributed by atoms with Gasteiger partial charge in [-0.2, -0.15) is 0 Å². The highest BCUT2D eigenvalue weighted by atomic mass is 35.5. The van der Waals surface area contributed by atoms with Crippen molar-refractivity contribution in [3.05, 3.63) is 33.6 Å². The average Bonchev–Trinajstić information content (AvgIpc) is 2.51. The Bertz CT molecular complexity index is 566. The smallest absolute Gasteiger partial charge is 0.153 e. The standard InChI is InChI=1S/C15H18ClFN2O3/c1-19(11(8-21)3-2-4-20)7-12-13(9-22)15(17)10(6-18)5-14(12)16/h4-5,8-9,11H,2-3,6-7,18H2,1H3. The van der Waals surface area contributed by atoms with E-state index < -0.39 is 11.9 Å². The van der Waals surface area contributed by atoms with Crippen LogP contribution in [0.15, 0.2) is 6.07 Å². The third kappa shape index (κ3) is 4.19. The van der Waals surface area contributed by atoms with E-state index >= 15 is 0 Å². The molecule has 0 saturated heterocycles. The van der Waals surface area contributed by atoms with Gasteiger partial charge < -0.3 is 15.3 Å². The van der Waals surface area contributed by atoms with Crippen molar-refractivity contribution in [2.24, 2.45) is 5.73 Å². The van der Waals surface area contributed by atoms with Crippen LogP contribution in [-0.2, 0) is 22.7 Å². The summed E-state index contributed by atoms with van der Waals surface area (Å²) in [7, 11) is 1.64. The Balaban J connectivity index is 3.11. The molecule has 120 valence electrons. The Morgan fingerprint density at radius 1 is 1.41 bits per heavy atom. The normalized spacial score (nSPS) is 12.2. The molecule has 0 aliphatic carbocycles. The molecule has 0 aliphatic heterocycles. The lowest BCUT2D eigenvalue weighted by Crippen LogP contribution is -2.33. The first kappa shape index (κ1) is 18.4. The Kier molecular flexibility index (Phi) is 7.31. The van der Waals surface area contributed by atoms with Gasteiger partial charge in [-0.15, -0.1) is 0 Å². The zero-order valence-corrected chi connectivity index (χ0v) is 13.0. The Hall–Kier alpha value is -1.63. The lowest BCUT2D eigenvalue weighted by atomic mass is 10.0. The van der Waals surface area contributed by atoms with Crippen molar-refractivity contribution in [2.75, 3.05) is 7.05 Å². The van der Waals surface area contributed by atoms with E-state index in [4.69, 9.17) is 17.3 Å². The molecule has 0 aliphatic rings. The largest absolute Gasteiger partial charge is 0.326 e. The molecule has 0 radical (unpaired) electrons. The topological polar surface area (TPSA) is 80.5 Å². The minimum absolute atomic E-state index is 0.0706. The van der Waals surface area contributed by atoms with E-state index in [2.05, 4.69) is 0 Å². The fourth-order valence-electron chi connectivity index (χ4n) is 2.17. The summed E-state index contributed by atoms with van der Waals surface area (Å²) in [5, 5.41) is 0.218. The number of benzene rings is 1. The molecule has 22 heavy (non-hydrogen) atoms. The van der Waals surface area contributed by atoms with Crippen LogP contribution in [0.1, 0.15) is 34.3 Å². The van der Waals surface area contributed by atoms with Gasteiger partial charge >= 0.3 is 0 Å². The molecule has 0 saturated carbocycles. The van der Waals surface area contributed by atoms with Crippen molar-refractivity contribution in [1.29, 1.82) is 0 Å². The van der Waals surface area contributed by atoms with Crippen LogP contribution in [0.4, 0.5) is 4.39 Å². The number of aldehydes is 3. The molecule has 1 rings (SSSR count). The SMILES string of the molecule is CN(Cc1c(Cl)cc(CN)c(F)c1C=O)C(C=O)CCC=O. The number of nitrogens with two attached hydrogens (primary N) is 1. The van der Waals surface area contributed by atoms with Crippen LogP contribution in [0.2, 0.25) is 5.02 Å². The number of carbonyl (C=O) groups is 3. The Labute approximate surface area is 133 Å². The molecule has 1 aromatic rings. The molecule has 0 bridgehead atoms. The number of nitrogens with zero attached hydrogens (tertiary/aromatic N) is 1. The van der Waals surface area contributed by atoms with Crippen molar-refractivity contribution < 1.29 is 18.8 Å². The van der Waals surface area contributed by atoms with Gasteiger partial charge in [0.2, 0.25) is 0 Å². The molecule has 0 amide bonds. The van der Waals surface area contributed by atoms with E-state index in [0.29, 0.717) is 24.6 Å². The van der Waals surface area contributed by atoms with Crippen LogP contribution in [0.3, 0.4) is 0 Å². The van der Waals surface area contributed by atoms with Gasteiger partial charge in [0, 0.05) is 30.1 Å². The molecule has 0 fully saturated rings. The quantitative estimate of drug-likeness (QED) is 0.698. The number of hydrogen-bond donors (Lipinski definition) is 1. The second kappa shape index (κ2) is 8.73. The predicted octanol–water partition coefficient (Wildman–Crippen LogP) is 1.73. The monoisotopic (exact) mass is 328 g/mol. The summed E-state index contributed by atoms with van der Waals surface area (Å²) in [5.74, 6) is -0.694. The Morgan fingerprint density at radius 2 is 2.09 bits per heavy atom. The summed E-state index contributed by atoms with van der Waals surface area (Å²) >= 11 is 6.11. The minimum Gasteiger partial charge on any atom is -0.326 e. The van der Waals surface area contributed by atoms with Gasteiger partial charge in [0.25, 0.3) is 0 Å². The second-order valence-corrected chi connectivity index (χ2v) is 5.32. The predicted molar refractivity (Wildman–Crippen MR) is 81.3 cm³/mol. The maximum absolute atomic E-state index is 14.1. The number of likely N-dealkylation sites (N-methyl/N-ethyl adjacent to an activating group) is 1. The third-order valence-corrected chi connectivity index (χ3v) is 3.82. The van der Waals surface area contributed by atoms with Crippen molar-refractivity contribution in [1.82, 2.24) is 4.90 Å². The Morgan fingerprint density at radius 3 is 2.59 bits per heavy atom. The highest BCUT2D eigenvalue weighted by Gasteiger charge is 2.20. The average molecular weight is 329 g/mol. The highest BCUT2D eigenvalue weighted by molar-refractivity contribution is 6.31. The molecule has 7 heteroatoms. The van der Waals surface area contributed by atoms with Crippen molar-refractivity contribution in [2.45, 2.75) is 32.0 Å². The summed E-state index contributed by atoms with van der Waals surface area (Å²) in [6.45, 7) is 0.0375. The zero-order valence-electron chi connectivity index (χ0n) is 12.2. The zero-order chi connectivity index (χ0) is 16.7. The van der Waals surface area contributed by atoms with Crippen LogP contribution in [-0.4, -0.2) is 36.8 Å². The molecule has 2 N–H and O–H groups in total. The fourth-order valence-corrected chi connectivity index (χ4v) is 2.46. The number of carbonyl (C=O) groups excluding carboxylic acids is 3. The summed E-state index contributed by atoms with van der Waals surface area (Å²) < 4.78 is 14.1. The summed E-state index contributed by atoms with van der Waals surface area (Å²) in [5.41, 5.74) is 5.72. The molecular formula is C15H18ClFN2O3. The molecule has 5 nitrogen and oxygen atoms in total. The molecule has 0 spiro atoms. The van der Waals surface area contributed by atoms with Crippen molar-refractivity contribution >= 4 is 30.5 Å². The molecule has 0 heterocycles. The number of hydrogen-bond acceptors (Lipinski definition) is 5. The van der Waals surface area contributed by atoms with Gasteiger partial charge in [0.15, 0.2) is 6.29 Å². The van der Waals surface area contributed by atoms with E-state index in [1.54, 1.807) is 11.9 Å². The summed E-state index contributed by atoms with van der Waals surface area (Å²) in [6, 6.07) is 0.868. The molecule has 1 aromatic carbocycles. The maximum atomic E-state index is 14.1. The van der Waals surface area contributed by atoms with Gasteiger partial charge in [-0.05, 0) is 25.1 Å². The summed E-state index contributed by atoms with van der Waals surface area (Å²) in [4.78, 5) is 34.3. The van der Waals surface area contributed by atoms with Gasteiger partial charge in [-0.25, -0.2) is 4.39 Å². The minimum atomic E-state index is -0.694. The van der Waals surface area contributed by atoms with Gasteiger partial charge in [-0.1, -0.05) is 11.6 Å². The van der Waals surface area contributed by atoms with Crippen LogP contribution in [0, 0.1) is 5.82 Å². The van der Waals surface area contributed by atoms with E-state index in [1.165, 1.54) is 6.07 Å². The van der Waals surface area contributed by atoms with E-state index in [-0.39, 0.29) is 35.7 Å². The first-order chi connectivity index (χ1) is 10.5. The molecule has 0 aromatic heterocycles. The molecular weight excluding hydrogens is 311 g/mol. The highest BCUT2D eigenvalue weighted by Crippen LogP contribution is 2.27. The van der Waals surface area contributed by atoms with Gasteiger partial charge in [0.05, 0.1) is 11.6 Å². The summed E-state index contributed by atoms with van der Waals surface area (Å²) in [6.07, 6.45) is 2.42. The van der Waals surface area contributed by atoms with Gasteiger partial charge in [0.1, 0.15) is 18.4 Å². The lowest BCUT2D eigenvalue weighted by Gasteiger charge is -2.24.